The maximum atomic E-state index is 9.13. The van der Waals surface area contributed by atoms with E-state index in [1.54, 1.807) is 7.11 Å². The number of nitrogens with one attached hydrogen (secondary N) is 3. The number of hydrogen-bond donors (Lipinski definition) is 3. The monoisotopic (exact) mass is 403 g/mol. The molecule has 1 aliphatic heterocycles. The molecule has 3 N–H and O–H groups in total. The van der Waals surface area contributed by atoms with Crippen LogP contribution in [0, 0.1) is 18.4 Å². The summed E-state index contributed by atoms with van der Waals surface area (Å²) in [4.78, 5) is 14.5. The van der Waals surface area contributed by atoms with Crippen LogP contribution in [0.4, 0.5) is 17.2 Å². The highest BCUT2D eigenvalue weighted by molar-refractivity contribution is 6.04. The first kappa shape index (κ1) is 19.7. The van der Waals surface area contributed by atoms with Crippen LogP contribution in [-0.4, -0.2) is 42.2 Å². The topological polar surface area (TPSA) is 101 Å². The summed E-state index contributed by atoms with van der Waals surface area (Å²) in [5.41, 5.74) is 4.08. The lowest BCUT2D eigenvalue weighted by atomic mass is 10.1. The zero-order chi connectivity index (χ0) is 20.9. The van der Waals surface area contributed by atoms with Gasteiger partial charge in [-0.05, 0) is 44.0 Å². The van der Waals surface area contributed by atoms with Crippen molar-refractivity contribution in [3.05, 3.63) is 48.3 Å². The lowest BCUT2D eigenvalue weighted by Crippen LogP contribution is -2.36. The number of ether oxygens (including phenoxy) is 1. The van der Waals surface area contributed by atoms with Crippen LogP contribution in [0.1, 0.15) is 18.4 Å². The van der Waals surface area contributed by atoms with E-state index >= 15 is 0 Å². The normalized spacial score (nSPS) is 15.2. The predicted octanol–water partition coefficient (Wildman–Crippen LogP) is 3.66. The highest BCUT2D eigenvalue weighted by atomic mass is 16.5. The molecule has 4 rings (SSSR count). The minimum atomic E-state index is 0.320. The molecule has 1 fully saturated rings. The summed E-state index contributed by atoms with van der Waals surface area (Å²) in [6, 6.07) is 10.0. The fourth-order valence-corrected chi connectivity index (χ4v) is 3.70. The van der Waals surface area contributed by atoms with Crippen LogP contribution in [-0.2, 0) is 4.74 Å². The first-order chi connectivity index (χ1) is 14.7. The summed E-state index contributed by atoms with van der Waals surface area (Å²) in [5, 5.41) is 16.0. The third-order valence-electron chi connectivity index (χ3n) is 5.36. The number of fused-ring (bicyclic) bond motifs is 1. The second-order valence-electron chi connectivity index (χ2n) is 7.37. The van der Waals surface area contributed by atoms with Gasteiger partial charge in [-0.2, -0.15) is 10.3 Å². The minimum Gasteiger partial charge on any atom is -0.381 e. The molecular weight excluding hydrogens is 378 g/mol. The van der Waals surface area contributed by atoms with Crippen molar-refractivity contribution in [3.8, 4) is 6.19 Å². The van der Waals surface area contributed by atoms with Crippen molar-refractivity contribution >= 4 is 34.1 Å². The van der Waals surface area contributed by atoms with E-state index in [1.165, 1.54) is 0 Å². The summed E-state index contributed by atoms with van der Waals surface area (Å²) in [5.74, 6) is 0.841. The van der Waals surface area contributed by atoms with Crippen LogP contribution >= 0.6 is 0 Å². The molecule has 0 radical (unpaired) electrons. The van der Waals surface area contributed by atoms with Crippen LogP contribution in [0.5, 0.6) is 0 Å². The number of hydrogen-bond acceptors (Lipinski definition) is 5. The highest BCUT2D eigenvalue weighted by Crippen LogP contribution is 2.25. The molecule has 0 aliphatic carbocycles. The van der Waals surface area contributed by atoms with Crippen molar-refractivity contribution in [1.82, 2.24) is 15.3 Å². The van der Waals surface area contributed by atoms with Crippen molar-refractivity contribution in [2.45, 2.75) is 25.9 Å². The molecule has 0 saturated carbocycles. The summed E-state index contributed by atoms with van der Waals surface area (Å²) < 4.78 is 5.43. The summed E-state index contributed by atoms with van der Waals surface area (Å²) in [6.45, 7) is 3.94. The predicted molar refractivity (Wildman–Crippen MR) is 119 cm³/mol. The van der Waals surface area contributed by atoms with Gasteiger partial charge in [0.25, 0.3) is 0 Å². The number of aromatic amines is 1. The summed E-state index contributed by atoms with van der Waals surface area (Å²) >= 11 is 0. The Morgan fingerprint density at radius 3 is 2.83 bits per heavy atom. The van der Waals surface area contributed by atoms with E-state index in [2.05, 4.69) is 36.6 Å². The van der Waals surface area contributed by atoms with E-state index < -0.39 is 0 Å². The van der Waals surface area contributed by atoms with E-state index in [1.807, 2.05) is 49.8 Å². The standard InChI is InChI=1S/C22H25N7O/c1-15-3-5-19-18(11-15)20(13-24-19)27-22(26-14-23)28-21-6-4-16(12-25-21)29-9-7-17(30-2)8-10-29/h3-6,11-13,17,24H,7-10H2,1-2H3,(H2,25,26,27,28). The highest BCUT2D eigenvalue weighted by Gasteiger charge is 2.19. The fraction of sp³-hybridized carbons (Fsp3) is 0.318. The van der Waals surface area contributed by atoms with Gasteiger partial charge in [-0.25, -0.2) is 4.98 Å². The lowest BCUT2D eigenvalue weighted by Gasteiger charge is -2.32. The number of methoxy groups -OCH3 is 1. The number of nitriles is 1. The zero-order valence-electron chi connectivity index (χ0n) is 17.1. The molecule has 0 atom stereocenters. The fourth-order valence-electron chi connectivity index (χ4n) is 3.70. The maximum Gasteiger partial charge on any atom is 0.216 e. The molecule has 3 aromatic rings. The van der Waals surface area contributed by atoms with Gasteiger partial charge in [0.05, 0.1) is 23.7 Å². The number of pyridine rings is 1. The molecule has 30 heavy (non-hydrogen) atoms. The third kappa shape index (κ3) is 4.36. The third-order valence-corrected chi connectivity index (χ3v) is 5.36. The van der Waals surface area contributed by atoms with Gasteiger partial charge in [0.1, 0.15) is 0 Å². The first-order valence-corrected chi connectivity index (χ1v) is 9.98. The molecule has 0 amide bonds. The molecule has 0 unspecified atom stereocenters. The molecule has 1 aliphatic rings. The molecule has 8 nitrogen and oxygen atoms in total. The van der Waals surface area contributed by atoms with Crippen molar-refractivity contribution in [1.29, 1.82) is 5.26 Å². The SMILES string of the molecule is COC1CCN(c2ccc(N=C(NC#N)Nc3c[nH]c4ccc(C)cc34)nc2)CC1. The number of piperidine rings is 1. The second-order valence-corrected chi connectivity index (χ2v) is 7.37. The van der Waals surface area contributed by atoms with Crippen LogP contribution in [0.2, 0.25) is 0 Å². The molecule has 8 heteroatoms. The number of H-pyrrole nitrogens is 1. The molecular formula is C22H25N7O. The first-order valence-electron chi connectivity index (χ1n) is 9.98. The van der Waals surface area contributed by atoms with Crippen molar-refractivity contribution in [2.24, 2.45) is 4.99 Å². The van der Waals surface area contributed by atoms with Gasteiger partial charge < -0.3 is 19.9 Å². The molecule has 1 saturated heterocycles. The maximum absolute atomic E-state index is 9.13. The van der Waals surface area contributed by atoms with E-state index in [0.29, 0.717) is 17.9 Å². The number of aliphatic imine (C=N–C) groups is 1. The number of aryl methyl sites for hydroxylation is 1. The quantitative estimate of drug-likeness (QED) is 0.266. The largest absolute Gasteiger partial charge is 0.381 e. The van der Waals surface area contributed by atoms with Gasteiger partial charge in [0.2, 0.25) is 5.96 Å². The minimum absolute atomic E-state index is 0.320. The van der Waals surface area contributed by atoms with E-state index in [0.717, 1.165) is 53.8 Å². The van der Waals surface area contributed by atoms with Crippen LogP contribution in [0.25, 0.3) is 10.9 Å². The number of rotatable bonds is 4. The Hall–Kier alpha value is -3.57. The van der Waals surface area contributed by atoms with E-state index in [4.69, 9.17) is 10.00 Å². The number of nitrogens with zero attached hydrogens (tertiary/aromatic N) is 4. The molecule has 2 aromatic heterocycles. The molecule has 0 bridgehead atoms. The van der Waals surface area contributed by atoms with Gasteiger partial charge in [-0.1, -0.05) is 11.6 Å². The number of anilines is 2. The second kappa shape index (κ2) is 8.84. The van der Waals surface area contributed by atoms with Gasteiger partial charge in [0.15, 0.2) is 12.0 Å². The van der Waals surface area contributed by atoms with Crippen LogP contribution < -0.4 is 15.5 Å². The van der Waals surface area contributed by atoms with Crippen LogP contribution in [0.15, 0.2) is 47.7 Å². The Labute approximate surface area is 175 Å². The van der Waals surface area contributed by atoms with Crippen molar-refractivity contribution in [3.63, 3.8) is 0 Å². The Kier molecular flexibility index (Phi) is 5.82. The van der Waals surface area contributed by atoms with Gasteiger partial charge in [0, 0.05) is 37.3 Å². The van der Waals surface area contributed by atoms with Crippen LogP contribution in [0.3, 0.4) is 0 Å². The number of benzene rings is 1. The van der Waals surface area contributed by atoms with Gasteiger partial charge in [-0.15, -0.1) is 0 Å². The Morgan fingerprint density at radius 1 is 1.30 bits per heavy atom. The average Bonchev–Trinajstić information content (AvgIpc) is 3.16. The lowest BCUT2D eigenvalue weighted by molar-refractivity contribution is 0.0819. The molecule has 0 spiro atoms. The van der Waals surface area contributed by atoms with Crippen molar-refractivity contribution in [2.75, 3.05) is 30.4 Å². The molecule has 3 heterocycles. The number of aromatic nitrogens is 2. The Bertz CT molecular complexity index is 1070. The summed E-state index contributed by atoms with van der Waals surface area (Å²) in [6.07, 6.45) is 7.99. The average molecular weight is 403 g/mol. The Morgan fingerprint density at radius 2 is 2.13 bits per heavy atom. The summed E-state index contributed by atoms with van der Waals surface area (Å²) in [7, 11) is 1.77. The van der Waals surface area contributed by atoms with E-state index in [9.17, 15) is 0 Å². The number of guanidine groups is 1. The molecule has 154 valence electrons. The zero-order valence-corrected chi connectivity index (χ0v) is 17.1. The smallest absolute Gasteiger partial charge is 0.216 e. The van der Waals surface area contributed by atoms with E-state index in [-0.39, 0.29) is 0 Å². The van der Waals surface area contributed by atoms with Gasteiger partial charge >= 0.3 is 0 Å². The van der Waals surface area contributed by atoms with Gasteiger partial charge in [-0.3, -0.25) is 5.32 Å². The molecule has 1 aromatic carbocycles. The Balaban J connectivity index is 1.50. The van der Waals surface area contributed by atoms with Crippen molar-refractivity contribution < 1.29 is 4.74 Å².